The van der Waals surface area contributed by atoms with Crippen LogP contribution in [0.5, 0.6) is 0 Å². The van der Waals surface area contributed by atoms with Crippen LogP contribution in [0, 0.1) is 11.7 Å². The largest absolute Gasteiger partial charge is 0.379 e. The normalized spacial score (nSPS) is 17.4. The van der Waals surface area contributed by atoms with Crippen LogP contribution in [0.4, 0.5) is 10.1 Å². The van der Waals surface area contributed by atoms with Gasteiger partial charge in [0.2, 0.25) is 15.9 Å². The molecule has 12 heteroatoms. The molecule has 3 heterocycles. The highest BCUT2D eigenvalue weighted by atomic mass is 32.1. The standard InChI is InChI=1S/C22H27FN6O4S/c23-16-1-3-17(4-2-16)25-19(31)20-26-27-21(34-20)22(32)29-8-5-15(6-9-29)18(30)24-7-10-28-11-13-33-14-12-28/h1-4,15H,5-14H2,(H,24,30)(H,25,31). The molecule has 1 aromatic carbocycles. The van der Waals surface area contributed by atoms with Crippen molar-refractivity contribution in [2.45, 2.75) is 12.8 Å². The molecule has 182 valence electrons. The predicted octanol–water partition coefficient (Wildman–Crippen LogP) is 1.23. The first-order chi connectivity index (χ1) is 16.5. The molecule has 4 rings (SSSR count). The second kappa shape index (κ2) is 11.4. The first-order valence-corrected chi connectivity index (χ1v) is 12.1. The monoisotopic (exact) mass is 490 g/mol. The van der Waals surface area contributed by atoms with Crippen molar-refractivity contribution in [3.8, 4) is 0 Å². The van der Waals surface area contributed by atoms with E-state index in [9.17, 15) is 18.8 Å². The summed E-state index contributed by atoms with van der Waals surface area (Å²) in [5.41, 5.74) is 0.416. The van der Waals surface area contributed by atoms with Crippen molar-refractivity contribution in [2.24, 2.45) is 5.92 Å². The molecule has 1 aromatic heterocycles. The van der Waals surface area contributed by atoms with Gasteiger partial charge >= 0.3 is 0 Å². The number of piperidine rings is 1. The molecule has 0 radical (unpaired) electrons. The summed E-state index contributed by atoms with van der Waals surface area (Å²) in [5, 5.41) is 13.5. The van der Waals surface area contributed by atoms with Gasteiger partial charge in [-0.25, -0.2) is 4.39 Å². The summed E-state index contributed by atoms with van der Waals surface area (Å²) in [4.78, 5) is 41.5. The summed E-state index contributed by atoms with van der Waals surface area (Å²) >= 11 is 0.904. The number of rotatable bonds is 7. The molecular formula is C22H27FN6O4S. The van der Waals surface area contributed by atoms with E-state index in [1.165, 1.54) is 24.3 Å². The third kappa shape index (κ3) is 6.33. The van der Waals surface area contributed by atoms with Gasteiger partial charge in [0.1, 0.15) is 5.82 Å². The molecule has 0 saturated carbocycles. The number of amides is 3. The first-order valence-electron chi connectivity index (χ1n) is 11.3. The highest BCUT2D eigenvalue weighted by Crippen LogP contribution is 2.21. The van der Waals surface area contributed by atoms with Gasteiger partial charge in [0.15, 0.2) is 0 Å². The third-order valence-corrected chi connectivity index (χ3v) is 6.80. The molecule has 0 atom stereocenters. The number of aromatic nitrogens is 2. The lowest BCUT2D eigenvalue weighted by atomic mass is 9.96. The molecule has 2 saturated heterocycles. The molecule has 0 unspecified atom stereocenters. The molecule has 0 aliphatic carbocycles. The van der Waals surface area contributed by atoms with E-state index < -0.39 is 11.7 Å². The van der Waals surface area contributed by atoms with Gasteiger partial charge in [0.25, 0.3) is 11.8 Å². The zero-order chi connectivity index (χ0) is 23.9. The Kier molecular flexibility index (Phi) is 8.14. The number of carbonyl (C=O) groups is 3. The SMILES string of the molecule is O=C(Nc1ccc(F)cc1)c1nnc(C(=O)N2CCC(C(=O)NCCN3CCOCC3)CC2)s1. The van der Waals surface area contributed by atoms with Crippen LogP contribution in [0.25, 0.3) is 0 Å². The van der Waals surface area contributed by atoms with Crippen LogP contribution in [-0.2, 0) is 9.53 Å². The number of hydrogen-bond acceptors (Lipinski definition) is 8. The minimum atomic E-state index is -0.518. The number of ether oxygens (including phenoxy) is 1. The van der Waals surface area contributed by atoms with E-state index in [4.69, 9.17) is 4.74 Å². The molecule has 0 spiro atoms. The number of morpholine rings is 1. The Morgan fingerprint density at radius 2 is 1.71 bits per heavy atom. The predicted molar refractivity (Wildman–Crippen MR) is 123 cm³/mol. The van der Waals surface area contributed by atoms with Crippen molar-refractivity contribution in [1.29, 1.82) is 0 Å². The van der Waals surface area contributed by atoms with Gasteiger partial charge in [-0.15, -0.1) is 10.2 Å². The lowest BCUT2D eigenvalue weighted by Crippen LogP contribution is -2.45. The van der Waals surface area contributed by atoms with Gasteiger partial charge in [-0.2, -0.15) is 0 Å². The van der Waals surface area contributed by atoms with E-state index in [1.54, 1.807) is 4.90 Å². The molecule has 2 fully saturated rings. The number of nitrogens with zero attached hydrogens (tertiary/aromatic N) is 4. The quantitative estimate of drug-likeness (QED) is 0.600. The summed E-state index contributed by atoms with van der Waals surface area (Å²) in [6.07, 6.45) is 1.15. The van der Waals surface area contributed by atoms with Crippen molar-refractivity contribution in [1.82, 2.24) is 25.3 Å². The fourth-order valence-electron chi connectivity index (χ4n) is 3.91. The van der Waals surface area contributed by atoms with Crippen LogP contribution in [-0.4, -0.2) is 90.2 Å². The van der Waals surface area contributed by atoms with Crippen molar-refractivity contribution in [3.05, 3.63) is 40.1 Å². The summed E-state index contributed by atoms with van der Waals surface area (Å²) in [5.74, 6) is -1.33. The minimum absolute atomic E-state index is 0.0241. The van der Waals surface area contributed by atoms with Gasteiger partial charge in [-0.1, -0.05) is 11.3 Å². The van der Waals surface area contributed by atoms with Gasteiger partial charge in [0, 0.05) is 50.9 Å². The van der Waals surface area contributed by atoms with Crippen molar-refractivity contribution >= 4 is 34.7 Å². The first kappa shape index (κ1) is 24.2. The second-order valence-corrected chi connectivity index (χ2v) is 9.16. The highest BCUT2D eigenvalue weighted by Gasteiger charge is 2.30. The van der Waals surface area contributed by atoms with Crippen molar-refractivity contribution < 1.29 is 23.5 Å². The number of halogens is 1. The Hall–Kier alpha value is -2.96. The van der Waals surface area contributed by atoms with E-state index in [0.29, 0.717) is 38.2 Å². The van der Waals surface area contributed by atoms with Crippen molar-refractivity contribution in [2.75, 3.05) is 57.8 Å². The number of nitrogens with one attached hydrogen (secondary N) is 2. The fraction of sp³-hybridized carbons (Fsp3) is 0.500. The second-order valence-electron chi connectivity index (χ2n) is 8.18. The lowest BCUT2D eigenvalue weighted by Gasteiger charge is -2.31. The van der Waals surface area contributed by atoms with Gasteiger partial charge in [0.05, 0.1) is 13.2 Å². The Morgan fingerprint density at radius 1 is 1.03 bits per heavy atom. The third-order valence-electron chi connectivity index (χ3n) is 5.89. The molecule has 0 bridgehead atoms. The van der Waals surface area contributed by atoms with Crippen molar-refractivity contribution in [3.63, 3.8) is 0 Å². The molecule has 2 aromatic rings. The maximum absolute atomic E-state index is 13.0. The summed E-state index contributed by atoms with van der Waals surface area (Å²) in [6, 6.07) is 5.34. The number of benzene rings is 1. The molecule has 34 heavy (non-hydrogen) atoms. The Morgan fingerprint density at radius 3 is 2.41 bits per heavy atom. The van der Waals surface area contributed by atoms with Gasteiger partial charge < -0.3 is 20.3 Å². The van der Waals surface area contributed by atoms with Crippen LogP contribution in [0.1, 0.15) is 32.4 Å². The molecule has 2 aliphatic heterocycles. The summed E-state index contributed by atoms with van der Waals surface area (Å²) in [6.45, 7) is 5.53. The zero-order valence-corrected chi connectivity index (χ0v) is 19.5. The fourth-order valence-corrected chi connectivity index (χ4v) is 4.61. The molecule has 2 N–H and O–H groups in total. The minimum Gasteiger partial charge on any atom is -0.379 e. The van der Waals surface area contributed by atoms with Crippen LogP contribution < -0.4 is 10.6 Å². The van der Waals surface area contributed by atoms with E-state index in [-0.39, 0.29) is 27.7 Å². The zero-order valence-electron chi connectivity index (χ0n) is 18.7. The van der Waals surface area contributed by atoms with Crippen LogP contribution in [0.3, 0.4) is 0 Å². The van der Waals surface area contributed by atoms with E-state index in [2.05, 4.69) is 25.7 Å². The highest BCUT2D eigenvalue weighted by molar-refractivity contribution is 7.15. The van der Waals surface area contributed by atoms with E-state index in [0.717, 1.165) is 44.2 Å². The van der Waals surface area contributed by atoms with Gasteiger partial charge in [-0.05, 0) is 37.1 Å². The lowest BCUT2D eigenvalue weighted by molar-refractivity contribution is -0.126. The maximum atomic E-state index is 13.0. The van der Waals surface area contributed by atoms with Crippen LogP contribution in [0.2, 0.25) is 0 Å². The number of anilines is 1. The molecule has 10 nitrogen and oxygen atoms in total. The molecular weight excluding hydrogens is 463 g/mol. The maximum Gasteiger partial charge on any atom is 0.286 e. The average molecular weight is 491 g/mol. The number of hydrogen-bond donors (Lipinski definition) is 2. The molecule has 2 aliphatic rings. The number of carbonyl (C=O) groups excluding carboxylic acids is 3. The topological polar surface area (TPSA) is 117 Å². The summed E-state index contributed by atoms with van der Waals surface area (Å²) < 4.78 is 18.3. The van der Waals surface area contributed by atoms with E-state index in [1.807, 2.05) is 0 Å². The van der Waals surface area contributed by atoms with Crippen LogP contribution >= 0.6 is 11.3 Å². The Bertz CT molecular complexity index is 1000. The molecule has 3 amide bonds. The van der Waals surface area contributed by atoms with Crippen LogP contribution in [0.15, 0.2) is 24.3 Å². The van der Waals surface area contributed by atoms with Gasteiger partial charge in [-0.3, -0.25) is 19.3 Å². The Balaban J connectivity index is 1.21. The average Bonchev–Trinajstić information content (AvgIpc) is 3.36. The number of likely N-dealkylation sites (tertiary alicyclic amines) is 1. The summed E-state index contributed by atoms with van der Waals surface area (Å²) in [7, 11) is 0. The smallest absolute Gasteiger partial charge is 0.286 e. The van der Waals surface area contributed by atoms with E-state index >= 15 is 0 Å². The Labute approximate surface area is 200 Å².